The van der Waals surface area contributed by atoms with Crippen molar-refractivity contribution in [1.29, 1.82) is 0 Å². The van der Waals surface area contributed by atoms with Gasteiger partial charge in [0.1, 0.15) is 5.01 Å². The molecule has 1 unspecified atom stereocenters. The Morgan fingerprint density at radius 1 is 1.39 bits per heavy atom. The second-order valence-corrected chi connectivity index (χ2v) is 5.30. The molecule has 98 valence electrons. The van der Waals surface area contributed by atoms with Crippen LogP contribution in [-0.2, 0) is 0 Å². The van der Waals surface area contributed by atoms with Crippen LogP contribution in [0.3, 0.4) is 0 Å². The lowest BCUT2D eigenvalue weighted by molar-refractivity contribution is 0.513. The van der Waals surface area contributed by atoms with Crippen molar-refractivity contribution in [3.05, 3.63) is 22.9 Å². The third-order valence-electron chi connectivity index (χ3n) is 2.84. The molecule has 2 heterocycles. The molecule has 2 aromatic heterocycles. The van der Waals surface area contributed by atoms with Crippen LogP contribution in [0.4, 0.5) is 0 Å². The minimum atomic E-state index is 0.298. The summed E-state index contributed by atoms with van der Waals surface area (Å²) in [5.41, 5.74) is 1.10. The number of furan rings is 1. The summed E-state index contributed by atoms with van der Waals surface area (Å²) < 4.78 is 5.45. The number of aryl methyl sites for hydroxylation is 1. The maximum atomic E-state index is 5.45. The van der Waals surface area contributed by atoms with E-state index in [2.05, 4.69) is 29.4 Å². The van der Waals surface area contributed by atoms with Gasteiger partial charge in [-0.25, -0.2) is 0 Å². The Labute approximate surface area is 111 Å². The normalized spacial score (nSPS) is 12.8. The summed E-state index contributed by atoms with van der Waals surface area (Å²) in [6.07, 6.45) is 3.84. The van der Waals surface area contributed by atoms with Crippen LogP contribution in [0, 0.1) is 6.92 Å². The molecule has 18 heavy (non-hydrogen) atoms. The van der Waals surface area contributed by atoms with E-state index in [-0.39, 0.29) is 0 Å². The van der Waals surface area contributed by atoms with Gasteiger partial charge in [0.2, 0.25) is 0 Å². The van der Waals surface area contributed by atoms with Crippen molar-refractivity contribution in [3.8, 4) is 10.8 Å². The van der Waals surface area contributed by atoms with Crippen molar-refractivity contribution in [2.75, 3.05) is 6.54 Å². The Kier molecular flexibility index (Phi) is 4.49. The molecular formula is C13H19N3OS. The molecule has 0 saturated heterocycles. The van der Waals surface area contributed by atoms with Crippen molar-refractivity contribution in [2.45, 2.75) is 39.7 Å². The van der Waals surface area contributed by atoms with Crippen LogP contribution in [0.1, 0.15) is 43.3 Å². The van der Waals surface area contributed by atoms with E-state index < -0.39 is 0 Å². The smallest absolute Gasteiger partial charge is 0.183 e. The molecular weight excluding hydrogens is 246 g/mol. The van der Waals surface area contributed by atoms with E-state index >= 15 is 0 Å². The van der Waals surface area contributed by atoms with Gasteiger partial charge < -0.3 is 9.73 Å². The van der Waals surface area contributed by atoms with Crippen molar-refractivity contribution in [3.63, 3.8) is 0 Å². The quantitative estimate of drug-likeness (QED) is 0.867. The van der Waals surface area contributed by atoms with E-state index in [1.54, 1.807) is 17.6 Å². The lowest BCUT2D eigenvalue weighted by Crippen LogP contribution is -2.21. The molecule has 0 spiro atoms. The monoisotopic (exact) mass is 265 g/mol. The van der Waals surface area contributed by atoms with Crippen molar-refractivity contribution >= 4 is 11.3 Å². The van der Waals surface area contributed by atoms with E-state index in [0.717, 1.165) is 40.7 Å². The fourth-order valence-electron chi connectivity index (χ4n) is 1.78. The number of aromatic nitrogens is 2. The van der Waals surface area contributed by atoms with E-state index in [9.17, 15) is 0 Å². The molecule has 0 aromatic carbocycles. The molecule has 5 heteroatoms. The van der Waals surface area contributed by atoms with Gasteiger partial charge in [0.15, 0.2) is 10.8 Å². The molecule has 0 aliphatic carbocycles. The van der Waals surface area contributed by atoms with Gasteiger partial charge in [0, 0.05) is 0 Å². The third-order valence-corrected chi connectivity index (χ3v) is 3.88. The van der Waals surface area contributed by atoms with Crippen LogP contribution in [0.2, 0.25) is 0 Å². The Morgan fingerprint density at radius 3 is 2.83 bits per heavy atom. The van der Waals surface area contributed by atoms with Gasteiger partial charge >= 0.3 is 0 Å². The van der Waals surface area contributed by atoms with Gasteiger partial charge in [0.25, 0.3) is 0 Å². The van der Waals surface area contributed by atoms with E-state index in [0.29, 0.717) is 6.04 Å². The molecule has 0 aliphatic rings. The molecule has 2 aromatic rings. The standard InChI is InChI=1S/C13H19N3OS/c1-4-7-14-10(5-2)12-15-16-13(18-12)11-9(3)6-8-17-11/h6,8,10,14H,4-5,7H2,1-3H3. The molecule has 0 aliphatic heterocycles. The highest BCUT2D eigenvalue weighted by molar-refractivity contribution is 7.14. The maximum Gasteiger partial charge on any atom is 0.183 e. The minimum Gasteiger partial charge on any atom is -0.461 e. The molecule has 1 N–H and O–H groups in total. The molecule has 0 bridgehead atoms. The Bertz CT molecular complexity index is 492. The highest BCUT2D eigenvalue weighted by Gasteiger charge is 2.17. The molecule has 4 nitrogen and oxygen atoms in total. The number of nitrogens with one attached hydrogen (secondary N) is 1. The topological polar surface area (TPSA) is 51.0 Å². The zero-order chi connectivity index (χ0) is 13.0. The lowest BCUT2D eigenvalue weighted by atomic mass is 10.2. The largest absolute Gasteiger partial charge is 0.461 e. The summed E-state index contributed by atoms with van der Waals surface area (Å²) in [6.45, 7) is 7.35. The van der Waals surface area contributed by atoms with Crippen LogP contribution in [0.25, 0.3) is 10.8 Å². The van der Waals surface area contributed by atoms with Crippen LogP contribution >= 0.6 is 11.3 Å². The zero-order valence-corrected chi connectivity index (χ0v) is 11.9. The van der Waals surface area contributed by atoms with Gasteiger partial charge in [-0.1, -0.05) is 25.2 Å². The van der Waals surface area contributed by atoms with Gasteiger partial charge in [-0.3, -0.25) is 0 Å². The average molecular weight is 265 g/mol. The summed E-state index contributed by atoms with van der Waals surface area (Å²) in [4.78, 5) is 0. The molecule has 2 rings (SSSR count). The lowest BCUT2D eigenvalue weighted by Gasteiger charge is -2.12. The van der Waals surface area contributed by atoms with Crippen LogP contribution in [0.5, 0.6) is 0 Å². The van der Waals surface area contributed by atoms with E-state index in [4.69, 9.17) is 4.42 Å². The summed E-state index contributed by atoms with van der Waals surface area (Å²) in [7, 11) is 0. The fourth-order valence-corrected chi connectivity index (χ4v) is 2.84. The van der Waals surface area contributed by atoms with E-state index in [1.807, 2.05) is 13.0 Å². The minimum absolute atomic E-state index is 0.298. The molecule has 0 radical (unpaired) electrons. The first kappa shape index (κ1) is 13.2. The van der Waals surface area contributed by atoms with Crippen molar-refractivity contribution in [1.82, 2.24) is 15.5 Å². The molecule has 0 amide bonds. The number of rotatable bonds is 6. The zero-order valence-electron chi connectivity index (χ0n) is 11.1. The fraction of sp³-hybridized carbons (Fsp3) is 0.538. The third kappa shape index (κ3) is 2.79. The predicted octanol–water partition coefficient (Wildman–Crippen LogP) is 3.56. The Morgan fingerprint density at radius 2 is 2.22 bits per heavy atom. The van der Waals surface area contributed by atoms with Crippen LogP contribution in [-0.4, -0.2) is 16.7 Å². The highest BCUT2D eigenvalue weighted by atomic mass is 32.1. The van der Waals surface area contributed by atoms with Gasteiger partial charge in [-0.15, -0.1) is 10.2 Å². The van der Waals surface area contributed by atoms with Gasteiger partial charge in [0.05, 0.1) is 12.3 Å². The Hall–Kier alpha value is -1.20. The van der Waals surface area contributed by atoms with Crippen LogP contribution in [0.15, 0.2) is 16.7 Å². The number of hydrogen-bond donors (Lipinski definition) is 1. The molecule has 0 fully saturated rings. The SMILES string of the molecule is CCCNC(CC)c1nnc(-c2occc2C)s1. The second kappa shape index (κ2) is 6.11. The van der Waals surface area contributed by atoms with E-state index in [1.165, 1.54) is 0 Å². The van der Waals surface area contributed by atoms with Gasteiger partial charge in [-0.2, -0.15) is 0 Å². The summed E-state index contributed by atoms with van der Waals surface area (Å²) in [6, 6.07) is 2.25. The van der Waals surface area contributed by atoms with Crippen LogP contribution < -0.4 is 5.32 Å². The molecule has 1 atom stereocenters. The maximum absolute atomic E-state index is 5.45. The summed E-state index contributed by atoms with van der Waals surface area (Å²) in [5, 5.41) is 13.9. The first-order valence-corrected chi connectivity index (χ1v) is 7.19. The Balaban J connectivity index is 2.16. The first-order chi connectivity index (χ1) is 8.76. The summed E-state index contributed by atoms with van der Waals surface area (Å²) >= 11 is 1.61. The number of hydrogen-bond acceptors (Lipinski definition) is 5. The molecule has 0 saturated carbocycles. The van der Waals surface area contributed by atoms with Crippen molar-refractivity contribution in [2.24, 2.45) is 0 Å². The summed E-state index contributed by atoms with van der Waals surface area (Å²) in [5.74, 6) is 0.837. The second-order valence-electron chi connectivity index (χ2n) is 4.29. The predicted molar refractivity (Wildman–Crippen MR) is 73.7 cm³/mol. The van der Waals surface area contributed by atoms with Crippen molar-refractivity contribution < 1.29 is 4.42 Å². The highest BCUT2D eigenvalue weighted by Crippen LogP contribution is 2.30. The number of nitrogens with zero attached hydrogens (tertiary/aromatic N) is 2. The first-order valence-electron chi connectivity index (χ1n) is 6.37. The average Bonchev–Trinajstić information content (AvgIpc) is 2.99. The van der Waals surface area contributed by atoms with Gasteiger partial charge in [-0.05, 0) is 37.9 Å².